The van der Waals surface area contributed by atoms with Crippen molar-refractivity contribution in [3.63, 3.8) is 0 Å². The summed E-state index contributed by atoms with van der Waals surface area (Å²) in [5.41, 5.74) is 26.9. The second-order valence-electron chi connectivity index (χ2n) is 30.6. The van der Waals surface area contributed by atoms with Gasteiger partial charge in [0.25, 0.3) is 0 Å². The largest absolute Gasteiger partial charge is 0.508 e. The monoisotopic (exact) mass is 1350 g/mol. The van der Waals surface area contributed by atoms with E-state index in [1.54, 1.807) is 30.3 Å². The van der Waals surface area contributed by atoms with Gasteiger partial charge in [0.1, 0.15) is 28.3 Å². The average molecular weight is 1360 g/mol. The fourth-order valence-electron chi connectivity index (χ4n) is 20.5. The van der Waals surface area contributed by atoms with Crippen LogP contribution in [0.5, 0.6) is 23.0 Å². The minimum absolute atomic E-state index is 0.00641. The number of aliphatic imine (C=N–C) groups is 1. The Balaban J connectivity index is 0.859. The summed E-state index contributed by atoms with van der Waals surface area (Å²) < 4.78 is 27.4. The molecule has 5 aliphatic carbocycles. The van der Waals surface area contributed by atoms with E-state index in [9.17, 15) is 15.3 Å². The van der Waals surface area contributed by atoms with Gasteiger partial charge in [-0.05, 0) is 184 Å². The van der Waals surface area contributed by atoms with Crippen molar-refractivity contribution in [2.75, 3.05) is 51.5 Å². The Labute approximate surface area is 594 Å². The smallest absolute Gasteiger partial charge is 0.204 e. The molecule has 8 aromatic carbocycles. The molecule has 2 aromatic heterocycles. The Morgan fingerprint density at radius 2 is 1.71 bits per heavy atom. The van der Waals surface area contributed by atoms with Gasteiger partial charge >= 0.3 is 0 Å². The number of rotatable bonds is 10. The van der Waals surface area contributed by atoms with Crippen molar-refractivity contribution in [1.29, 1.82) is 0 Å². The van der Waals surface area contributed by atoms with Gasteiger partial charge in [-0.25, -0.2) is 4.99 Å². The number of hydrogen-bond acceptors (Lipinski definition) is 11. The quantitative estimate of drug-likeness (QED) is 0.0295. The summed E-state index contributed by atoms with van der Waals surface area (Å²) in [7, 11) is 1.53. The first-order chi connectivity index (χ1) is 49.8. The van der Waals surface area contributed by atoms with Gasteiger partial charge in [0, 0.05) is 102 Å². The molecule has 4 aliphatic heterocycles. The lowest BCUT2D eigenvalue weighted by molar-refractivity contribution is 0.156. The molecular formula is C88H86N6O8. The second-order valence-corrected chi connectivity index (χ2v) is 30.6. The number of anilines is 1. The van der Waals surface area contributed by atoms with Crippen LogP contribution in [0.1, 0.15) is 115 Å². The number of piperazine rings is 1. The number of aromatic amines is 1. The number of nitrogens with one attached hydrogen (secondary N) is 2. The SMILES string of the molecule is COc1c2c(c3oc(-c4ccc(O)cc4)cc(=O)c3c1OCCC(O)C=Cc1ccccc1)CCc1cccc(c1)-c1cc3[nH]c1N1CCNCC1C1(CC45CCc6c7ccccc7cc7ccc(c4c67)C4=CC5C1C#CCC1(CCCC31C)CC4)c1ccc(c(N=C(N)N)c1)CC(CO)CO2. The molecule has 3 spiro atoms. The summed E-state index contributed by atoms with van der Waals surface area (Å²) in [6.45, 7) is 4.50. The number of methoxy groups -OCH3 is 1. The number of aryl methyl sites for hydroxylation is 3. The van der Waals surface area contributed by atoms with Gasteiger partial charge < -0.3 is 60.6 Å². The molecule has 3 fully saturated rings. The van der Waals surface area contributed by atoms with Crippen LogP contribution in [0, 0.1) is 35.0 Å². The molecular weight excluding hydrogens is 1270 g/mol. The fraction of sp³-hybridized carbons (Fsp3) is 0.341. The first-order valence-electron chi connectivity index (χ1n) is 36.8. The average Bonchev–Trinajstić information content (AvgIpc) is 1.60. The van der Waals surface area contributed by atoms with E-state index in [1.807, 2.05) is 36.4 Å². The number of phenolic OH excluding ortho intramolecular Hbond substituents is 1. The number of hydrogen-bond donors (Lipinski definition) is 7. The van der Waals surface area contributed by atoms with E-state index in [-0.39, 0.29) is 106 Å². The van der Waals surface area contributed by atoms with E-state index in [2.05, 4.69) is 131 Å². The van der Waals surface area contributed by atoms with Crippen LogP contribution in [0.4, 0.5) is 11.5 Å². The van der Waals surface area contributed by atoms with E-state index in [0.29, 0.717) is 48.4 Å². The number of ether oxygens (including phenoxy) is 3. The minimum Gasteiger partial charge on any atom is -0.508 e. The van der Waals surface area contributed by atoms with Crippen molar-refractivity contribution in [3.8, 4) is 57.3 Å². The molecule has 102 heavy (non-hydrogen) atoms. The van der Waals surface area contributed by atoms with Crippen LogP contribution in [0.15, 0.2) is 178 Å². The predicted molar refractivity (Wildman–Crippen MR) is 405 cm³/mol. The molecule has 14 nitrogen and oxygen atoms in total. The highest BCUT2D eigenvalue weighted by molar-refractivity contribution is 6.07. The molecule has 1 saturated heterocycles. The van der Waals surface area contributed by atoms with Gasteiger partial charge in [0.15, 0.2) is 22.9 Å². The van der Waals surface area contributed by atoms with Crippen molar-refractivity contribution in [3.05, 3.63) is 224 Å². The Kier molecular flexibility index (Phi) is 15.6. The topological polar surface area (TPSA) is 214 Å². The molecule has 0 amide bonds. The summed E-state index contributed by atoms with van der Waals surface area (Å²) in [6.07, 6.45) is 15.5. The Hall–Kier alpha value is -10.0. The summed E-state index contributed by atoms with van der Waals surface area (Å²) in [4.78, 5) is 27.4. The molecule has 14 heteroatoms. The molecule has 9 aliphatic rings. The van der Waals surface area contributed by atoms with E-state index >= 15 is 4.79 Å². The number of H-pyrrole nitrogens is 1. The number of aliphatic hydroxyl groups excluding tert-OH is 2. The fourth-order valence-corrected chi connectivity index (χ4v) is 20.5. The maximum atomic E-state index is 15.2. The second kappa shape index (κ2) is 24.9. The highest BCUT2D eigenvalue weighted by Gasteiger charge is 2.67. The van der Waals surface area contributed by atoms with Crippen LogP contribution < -0.4 is 41.3 Å². The van der Waals surface area contributed by atoms with Crippen LogP contribution in [0.2, 0.25) is 0 Å². The highest BCUT2D eigenvalue weighted by Crippen LogP contribution is 2.70. The number of nitrogens with zero attached hydrogens (tertiary/aromatic N) is 2. The number of benzene rings is 8. The molecule has 0 radical (unpaired) electrons. The standard InChI is InChI=1S/C88H86N6O8/c1-85-33-10-35-86(85)34-9-17-69-70-44-58(30-36-86)65-29-23-60-43-57-14-6-7-16-64(57)66-31-37-87(70,78(65)76(60)66)51-88(69)61-24-20-59(71(45-61)92-84(89)90)42-54(49-95)50-101-80-67(28-19-53-13-8-15-56(41-53)68-46-74(85)93-83(68)94-39-38-91-48-75(88)94)79-77(72(98)47-73(102-79)55-21-26-62(96)27-22-55)81(82(80)99-2)100-40-32-63(97)25-18-52-11-4-3-5-12-52/h3-8,11-16,18,20-27,29,41,43-47,54,63,69-70,75,91,93,95-97H,10,19,28,30-40,42,48-51H2,1-2H3,(H4,89,90,92). The van der Waals surface area contributed by atoms with Gasteiger partial charge in [-0.15, -0.1) is 5.92 Å². The van der Waals surface area contributed by atoms with Crippen LogP contribution >= 0.6 is 0 Å². The van der Waals surface area contributed by atoms with Gasteiger partial charge in [-0.3, -0.25) is 4.79 Å². The number of phenols is 1. The Morgan fingerprint density at radius 1 is 0.843 bits per heavy atom. The van der Waals surface area contributed by atoms with Crippen LogP contribution in [-0.2, 0) is 41.9 Å². The van der Waals surface area contributed by atoms with Gasteiger partial charge in [0.2, 0.25) is 5.75 Å². The number of nitrogens with two attached hydrogens (primary N) is 2. The lowest BCUT2D eigenvalue weighted by atomic mass is 9.56. The van der Waals surface area contributed by atoms with Crippen molar-refractivity contribution < 1.29 is 33.9 Å². The first-order valence-corrected chi connectivity index (χ1v) is 36.8. The third-order valence-electron chi connectivity index (χ3n) is 25.4. The van der Waals surface area contributed by atoms with Gasteiger partial charge in [-0.2, -0.15) is 0 Å². The molecule has 9 unspecified atom stereocenters. The van der Waals surface area contributed by atoms with Crippen molar-refractivity contribution >= 4 is 61.6 Å². The van der Waals surface area contributed by atoms with Crippen LogP contribution in [-0.4, -0.2) is 85.0 Å². The Morgan fingerprint density at radius 3 is 2.56 bits per heavy atom. The maximum Gasteiger partial charge on any atom is 0.204 e. The number of aliphatic hydroxyl groups is 2. The molecule has 6 heterocycles. The summed E-state index contributed by atoms with van der Waals surface area (Å²) in [6, 6.07) is 52.4. The van der Waals surface area contributed by atoms with Crippen molar-refractivity contribution in [2.45, 2.75) is 119 Å². The lowest BCUT2D eigenvalue weighted by Crippen LogP contribution is -2.62. The third kappa shape index (κ3) is 10.1. The van der Waals surface area contributed by atoms with Gasteiger partial charge in [0.05, 0.1) is 38.2 Å². The van der Waals surface area contributed by atoms with Crippen LogP contribution in [0.3, 0.4) is 0 Å². The molecule has 9 atom stereocenters. The summed E-state index contributed by atoms with van der Waals surface area (Å²) >= 11 is 0. The number of allylic oxidation sites excluding steroid dienone is 2. The molecule has 11 bridgehead atoms. The maximum absolute atomic E-state index is 15.2. The predicted octanol–water partition coefficient (Wildman–Crippen LogP) is 14.8. The Bertz CT molecular complexity index is 5270. The molecule has 19 rings (SSSR count). The molecule has 9 N–H and O–H groups in total. The zero-order valence-corrected chi connectivity index (χ0v) is 57.9. The van der Waals surface area contributed by atoms with Crippen molar-refractivity contribution in [2.24, 2.45) is 39.6 Å². The zero-order valence-electron chi connectivity index (χ0n) is 57.9. The van der Waals surface area contributed by atoms with E-state index in [1.165, 1.54) is 62.7 Å². The van der Waals surface area contributed by atoms with Gasteiger partial charge in [-0.1, -0.05) is 141 Å². The molecule has 516 valence electrons. The first kappa shape index (κ1) is 64.1. The zero-order chi connectivity index (χ0) is 69.2. The van der Waals surface area contributed by atoms with E-state index < -0.39 is 17.4 Å². The summed E-state index contributed by atoms with van der Waals surface area (Å²) in [5, 5.41) is 43.1. The lowest BCUT2D eigenvalue weighted by Gasteiger charge is -2.51. The third-order valence-corrected chi connectivity index (χ3v) is 25.4. The minimum atomic E-state index is -0.885. The van der Waals surface area contributed by atoms with E-state index in [4.69, 9.17) is 35.1 Å². The number of aromatic hydroxyl groups is 1. The number of guanidine groups is 1. The van der Waals surface area contributed by atoms with E-state index in [0.717, 1.165) is 110 Å². The van der Waals surface area contributed by atoms with Crippen molar-refractivity contribution in [1.82, 2.24) is 10.3 Å². The normalized spacial score (nSPS) is 25.5. The molecule has 2 saturated carbocycles. The number of fused-ring (bicyclic) bond motifs is 13. The number of aromatic nitrogens is 1. The van der Waals surface area contributed by atoms with Crippen LogP contribution in [0.25, 0.3) is 66.6 Å². The molecule has 10 aromatic rings. The summed E-state index contributed by atoms with van der Waals surface area (Å²) in [5.74, 6) is 9.99. The highest BCUT2D eigenvalue weighted by atomic mass is 16.5.